The van der Waals surface area contributed by atoms with E-state index in [4.69, 9.17) is 9.47 Å². The molecule has 1 aliphatic heterocycles. The third kappa shape index (κ3) is 3.78. The topological polar surface area (TPSA) is 76.7 Å². The van der Waals surface area contributed by atoms with Gasteiger partial charge in [-0.3, -0.25) is 4.72 Å². The number of hydrogen-bond donors (Lipinski definition) is 2. The summed E-state index contributed by atoms with van der Waals surface area (Å²) in [5.41, 5.74) is 0.465. The Morgan fingerprint density at radius 3 is 2.50 bits per heavy atom. The van der Waals surface area contributed by atoms with Gasteiger partial charge in [0.1, 0.15) is 13.2 Å². The first kappa shape index (κ1) is 13.0. The van der Waals surface area contributed by atoms with Crippen LogP contribution in [0.2, 0.25) is 0 Å². The number of sulfonamides is 1. The number of ether oxygens (including phenoxy) is 2. The lowest BCUT2D eigenvalue weighted by Crippen LogP contribution is -2.24. The highest BCUT2D eigenvalue weighted by Gasteiger charge is 2.10. The first-order valence-corrected chi connectivity index (χ1v) is 7.52. The average Bonchev–Trinajstić information content (AvgIpc) is 2.38. The Morgan fingerprint density at radius 2 is 1.83 bits per heavy atom. The fraction of sp³-hybridized carbons (Fsp3) is 0.455. The summed E-state index contributed by atoms with van der Waals surface area (Å²) < 4.78 is 35.8. The SMILES string of the molecule is CS(=O)(=O)Nc1ccc2c(c1)OCCNCCO2. The van der Waals surface area contributed by atoms with Crippen molar-refractivity contribution in [3.05, 3.63) is 18.2 Å². The molecule has 0 fully saturated rings. The Bertz CT molecular complexity index is 516. The molecule has 6 nitrogen and oxygen atoms in total. The molecule has 0 radical (unpaired) electrons. The zero-order valence-electron chi connectivity index (χ0n) is 10.1. The van der Waals surface area contributed by atoms with Crippen molar-refractivity contribution in [2.24, 2.45) is 0 Å². The summed E-state index contributed by atoms with van der Waals surface area (Å²) in [5.74, 6) is 1.17. The van der Waals surface area contributed by atoms with Gasteiger partial charge in [-0.15, -0.1) is 0 Å². The zero-order valence-corrected chi connectivity index (χ0v) is 10.9. The Hall–Kier alpha value is -1.47. The summed E-state index contributed by atoms with van der Waals surface area (Å²) in [5, 5.41) is 3.15. The van der Waals surface area contributed by atoms with Gasteiger partial charge in [0, 0.05) is 19.2 Å². The monoisotopic (exact) mass is 272 g/mol. The fourth-order valence-corrected chi connectivity index (χ4v) is 2.16. The highest BCUT2D eigenvalue weighted by molar-refractivity contribution is 7.92. The Labute approximate surface area is 106 Å². The highest BCUT2D eigenvalue weighted by Crippen LogP contribution is 2.31. The standard InChI is InChI=1S/C11H16N2O4S/c1-18(14,15)13-9-2-3-10-11(8-9)17-7-5-12-4-6-16-10/h2-3,8,12-13H,4-7H2,1H3. The largest absolute Gasteiger partial charge is 0.488 e. The molecule has 7 heteroatoms. The highest BCUT2D eigenvalue weighted by atomic mass is 32.2. The minimum Gasteiger partial charge on any atom is -0.488 e. The van der Waals surface area contributed by atoms with Gasteiger partial charge in [-0.1, -0.05) is 0 Å². The fourth-order valence-electron chi connectivity index (χ4n) is 1.61. The molecule has 1 heterocycles. The minimum atomic E-state index is -3.29. The number of fused-ring (bicyclic) bond motifs is 1. The van der Waals surface area contributed by atoms with E-state index in [2.05, 4.69) is 10.0 Å². The van der Waals surface area contributed by atoms with E-state index in [1.165, 1.54) is 0 Å². The molecular formula is C11H16N2O4S. The quantitative estimate of drug-likeness (QED) is 0.816. The summed E-state index contributed by atoms with van der Waals surface area (Å²) in [4.78, 5) is 0. The van der Waals surface area contributed by atoms with Gasteiger partial charge >= 0.3 is 0 Å². The third-order valence-corrected chi connectivity index (χ3v) is 2.93. The predicted octanol–water partition coefficient (Wildman–Crippen LogP) is 0.419. The molecule has 2 N–H and O–H groups in total. The lowest BCUT2D eigenvalue weighted by atomic mass is 10.3. The Balaban J connectivity index is 2.22. The average molecular weight is 272 g/mol. The second kappa shape index (κ2) is 5.45. The first-order chi connectivity index (χ1) is 8.54. The normalized spacial score (nSPS) is 16.3. The van der Waals surface area contributed by atoms with Gasteiger partial charge in [0.05, 0.1) is 11.9 Å². The van der Waals surface area contributed by atoms with E-state index in [-0.39, 0.29) is 0 Å². The van der Waals surface area contributed by atoms with Crippen molar-refractivity contribution in [3.63, 3.8) is 0 Å². The van der Waals surface area contributed by atoms with Gasteiger partial charge in [0.25, 0.3) is 0 Å². The smallest absolute Gasteiger partial charge is 0.229 e. The van der Waals surface area contributed by atoms with Crippen molar-refractivity contribution in [1.82, 2.24) is 5.32 Å². The van der Waals surface area contributed by atoms with Crippen LogP contribution in [-0.2, 0) is 10.0 Å². The molecule has 0 atom stereocenters. The van der Waals surface area contributed by atoms with Crippen molar-refractivity contribution in [2.75, 3.05) is 37.3 Å². The lowest BCUT2D eigenvalue weighted by Gasteiger charge is -2.12. The first-order valence-electron chi connectivity index (χ1n) is 5.63. The molecule has 1 aromatic carbocycles. The molecule has 0 unspecified atom stereocenters. The van der Waals surface area contributed by atoms with Gasteiger partial charge in [-0.2, -0.15) is 0 Å². The Kier molecular flexibility index (Phi) is 3.93. The molecular weight excluding hydrogens is 256 g/mol. The molecule has 0 amide bonds. The van der Waals surface area contributed by atoms with E-state index in [1.54, 1.807) is 18.2 Å². The Morgan fingerprint density at radius 1 is 1.17 bits per heavy atom. The molecule has 0 bridgehead atoms. The number of anilines is 1. The van der Waals surface area contributed by atoms with Crippen molar-refractivity contribution >= 4 is 15.7 Å². The molecule has 100 valence electrons. The molecule has 2 rings (SSSR count). The van der Waals surface area contributed by atoms with Crippen LogP contribution in [0.1, 0.15) is 0 Å². The van der Waals surface area contributed by atoms with Crippen molar-refractivity contribution in [1.29, 1.82) is 0 Å². The second-order valence-corrected chi connectivity index (χ2v) is 5.73. The molecule has 0 aromatic heterocycles. The maximum absolute atomic E-state index is 11.2. The second-order valence-electron chi connectivity index (χ2n) is 3.98. The zero-order chi connectivity index (χ0) is 13.0. The number of nitrogens with one attached hydrogen (secondary N) is 2. The number of hydrogen-bond acceptors (Lipinski definition) is 5. The molecule has 0 saturated heterocycles. The van der Waals surface area contributed by atoms with Gasteiger partial charge in [-0.25, -0.2) is 8.42 Å². The van der Waals surface area contributed by atoms with Crippen molar-refractivity contribution in [3.8, 4) is 11.5 Å². The van der Waals surface area contributed by atoms with E-state index < -0.39 is 10.0 Å². The maximum Gasteiger partial charge on any atom is 0.229 e. The van der Waals surface area contributed by atoms with Crippen LogP contribution in [0.25, 0.3) is 0 Å². The summed E-state index contributed by atoms with van der Waals surface area (Å²) in [7, 11) is -3.29. The lowest BCUT2D eigenvalue weighted by molar-refractivity contribution is 0.295. The molecule has 0 spiro atoms. The van der Waals surface area contributed by atoms with Gasteiger partial charge in [-0.05, 0) is 12.1 Å². The van der Waals surface area contributed by atoms with Gasteiger partial charge in [0.2, 0.25) is 10.0 Å². The summed E-state index contributed by atoms with van der Waals surface area (Å²) in [6.45, 7) is 2.55. The van der Waals surface area contributed by atoms with Crippen molar-refractivity contribution in [2.45, 2.75) is 0 Å². The van der Waals surface area contributed by atoms with Crippen LogP contribution in [0.3, 0.4) is 0 Å². The number of rotatable bonds is 2. The summed E-state index contributed by atoms with van der Waals surface area (Å²) >= 11 is 0. The van der Waals surface area contributed by atoms with E-state index in [1.807, 2.05) is 0 Å². The number of benzene rings is 1. The third-order valence-electron chi connectivity index (χ3n) is 2.32. The van der Waals surface area contributed by atoms with Crippen LogP contribution < -0.4 is 19.5 Å². The van der Waals surface area contributed by atoms with Crippen LogP contribution in [0.5, 0.6) is 11.5 Å². The predicted molar refractivity (Wildman–Crippen MR) is 68.8 cm³/mol. The van der Waals surface area contributed by atoms with E-state index in [0.717, 1.165) is 19.3 Å². The van der Waals surface area contributed by atoms with Crippen LogP contribution in [0.4, 0.5) is 5.69 Å². The van der Waals surface area contributed by atoms with Gasteiger partial charge in [0.15, 0.2) is 11.5 Å². The van der Waals surface area contributed by atoms with Crippen LogP contribution >= 0.6 is 0 Å². The van der Waals surface area contributed by atoms with E-state index in [0.29, 0.717) is 30.4 Å². The molecule has 0 aliphatic carbocycles. The molecule has 1 aromatic rings. The summed E-state index contributed by atoms with van der Waals surface area (Å²) in [6.07, 6.45) is 1.11. The molecule has 0 saturated carbocycles. The summed E-state index contributed by atoms with van der Waals surface area (Å²) in [6, 6.07) is 4.98. The van der Waals surface area contributed by atoms with Crippen molar-refractivity contribution < 1.29 is 17.9 Å². The minimum absolute atomic E-state index is 0.465. The van der Waals surface area contributed by atoms with Gasteiger partial charge < -0.3 is 14.8 Å². The van der Waals surface area contributed by atoms with Crippen LogP contribution in [0.15, 0.2) is 18.2 Å². The van der Waals surface area contributed by atoms with E-state index in [9.17, 15) is 8.42 Å². The van der Waals surface area contributed by atoms with Crippen LogP contribution in [0, 0.1) is 0 Å². The van der Waals surface area contributed by atoms with E-state index >= 15 is 0 Å². The van der Waals surface area contributed by atoms with Crippen LogP contribution in [-0.4, -0.2) is 41.0 Å². The maximum atomic E-state index is 11.2. The molecule has 1 aliphatic rings. The molecule has 18 heavy (non-hydrogen) atoms.